The zero-order valence-corrected chi connectivity index (χ0v) is 15.1. The van der Waals surface area contributed by atoms with Crippen LogP contribution in [0.5, 0.6) is 0 Å². The zero-order valence-electron chi connectivity index (χ0n) is 13.6. The Morgan fingerprint density at radius 2 is 1.96 bits per heavy atom. The lowest BCUT2D eigenvalue weighted by Crippen LogP contribution is -2.52. The molecule has 0 saturated carbocycles. The Kier molecular flexibility index (Phi) is 5.15. The summed E-state index contributed by atoms with van der Waals surface area (Å²) in [6, 6.07) is 4.88. The van der Waals surface area contributed by atoms with Gasteiger partial charge in [-0.1, -0.05) is 17.7 Å². The molecule has 0 unspecified atom stereocenters. The van der Waals surface area contributed by atoms with Gasteiger partial charge in [-0.05, 0) is 37.5 Å². The molecule has 2 fully saturated rings. The summed E-state index contributed by atoms with van der Waals surface area (Å²) in [7, 11) is -3.60. The molecular weight excluding hydrogens is 352 g/mol. The average Bonchev–Trinajstić information content (AvgIpc) is 3.11. The number of hydrogen-bond donors (Lipinski definition) is 0. The van der Waals surface area contributed by atoms with E-state index in [4.69, 9.17) is 16.3 Å². The maximum atomic E-state index is 12.8. The smallest absolute Gasteiger partial charge is 0.251 e. The van der Waals surface area contributed by atoms with Crippen LogP contribution in [0.2, 0.25) is 5.02 Å². The fourth-order valence-electron chi connectivity index (χ4n) is 3.13. The first-order valence-electron chi connectivity index (χ1n) is 8.07. The quantitative estimate of drug-likeness (QED) is 0.809. The van der Waals surface area contributed by atoms with Crippen molar-refractivity contribution in [3.05, 3.63) is 28.8 Å². The molecule has 2 saturated heterocycles. The van der Waals surface area contributed by atoms with Gasteiger partial charge in [-0.15, -0.1) is 0 Å². The third-order valence-corrected chi connectivity index (χ3v) is 7.04. The second-order valence-corrected chi connectivity index (χ2v) is 8.41. The van der Waals surface area contributed by atoms with Crippen LogP contribution < -0.4 is 0 Å². The summed E-state index contributed by atoms with van der Waals surface area (Å²) < 4.78 is 32.5. The van der Waals surface area contributed by atoms with Crippen molar-refractivity contribution in [2.75, 3.05) is 32.8 Å². The summed E-state index contributed by atoms with van der Waals surface area (Å²) >= 11 is 6.05. The van der Waals surface area contributed by atoms with E-state index >= 15 is 0 Å². The highest BCUT2D eigenvalue weighted by molar-refractivity contribution is 7.89. The van der Waals surface area contributed by atoms with Crippen molar-refractivity contribution in [3.8, 4) is 0 Å². The van der Waals surface area contributed by atoms with E-state index in [0.717, 1.165) is 12.8 Å². The first-order chi connectivity index (χ1) is 11.4. The lowest BCUT2D eigenvalue weighted by Gasteiger charge is -2.35. The Balaban J connectivity index is 1.69. The summed E-state index contributed by atoms with van der Waals surface area (Å²) in [6.45, 7) is 3.67. The molecule has 0 bridgehead atoms. The minimum atomic E-state index is -3.60. The molecule has 1 amide bonds. The Bertz CT molecular complexity index is 724. The maximum absolute atomic E-state index is 12.8. The van der Waals surface area contributed by atoms with Crippen molar-refractivity contribution in [1.82, 2.24) is 9.21 Å². The fraction of sp³-hybridized carbons (Fsp3) is 0.562. The zero-order chi connectivity index (χ0) is 17.3. The number of halogens is 1. The highest BCUT2D eigenvalue weighted by Gasteiger charge is 2.34. The van der Waals surface area contributed by atoms with E-state index in [0.29, 0.717) is 30.3 Å². The standard InChI is InChI=1S/C16H21ClN2O4S/c1-12-13(17)4-2-6-15(12)24(21,22)19-9-7-18(8-10-19)16(20)14-5-3-11-23-14/h2,4,6,14H,3,5,7-11H2,1H3/t14-/m0/s1. The number of nitrogens with zero attached hydrogens (tertiary/aromatic N) is 2. The van der Waals surface area contributed by atoms with Crippen LogP contribution in [-0.2, 0) is 19.6 Å². The monoisotopic (exact) mass is 372 g/mol. The Labute approximate surface area is 147 Å². The molecule has 1 atom stereocenters. The van der Waals surface area contributed by atoms with Crippen molar-refractivity contribution >= 4 is 27.5 Å². The normalized spacial score (nSPS) is 22.8. The van der Waals surface area contributed by atoms with Gasteiger partial charge in [-0.3, -0.25) is 4.79 Å². The third kappa shape index (κ3) is 3.31. The van der Waals surface area contributed by atoms with Crippen LogP contribution in [0, 0.1) is 6.92 Å². The van der Waals surface area contributed by atoms with Crippen LogP contribution in [0.25, 0.3) is 0 Å². The third-order valence-electron chi connectivity index (χ3n) is 4.59. The van der Waals surface area contributed by atoms with Gasteiger partial charge in [0.05, 0.1) is 4.90 Å². The minimum absolute atomic E-state index is 0.0246. The molecule has 132 valence electrons. The van der Waals surface area contributed by atoms with Crippen molar-refractivity contribution in [2.24, 2.45) is 0 Å². The van der Waals surface area contributed by atoms with Gasteiger partial charge in [0.15, 0.2) is 0 Å². The van der Waals surface area contributed by atoms with Crippen LogP contribution in [0.3, 0.4) is 0 Å². The van der Waals surface area contributed by atoms with E-state index in [1.165, 1.54) is 4.31 Å². The average molecular weight is 373 g/mol. The number of rotatable bonds is 3. The van der Waals surface area contributed by atoms with Gasteiger partial charge in [0.1, 0.15) is 6.10 Å². The maximum Gasteiger partial charge on any atom is 0.251 e. The molecule has 6 nitrogen and oxygen atoms in total. The number of carbonyl (C=O) groups excluding carboxylic acids is 1. The van der Waals surface area contributed by atoms with Crippen LogP contribution in [0.1, 0.15) is 18.4 Å². The van der Waals surface area contributed by atoms with Crippen molar-refractivity contribution < 1.29 is 17.9 Å². The predicted molar refractivity (Wildman–Crippen MR) is 90.5 cm³/mol. The molecule has 3 rings (SSSR count). The Morgan fingerprint density at radius 1 is 1.25 bits per heavy atom. The van der Waals surface area contributed by atoms with Gasteiger partial charge in [-0.2, -0.15) is 4.31 Å². The molecule has 1 aromatic carbocycles. The first kappa shape index (κ1) is 17.7. The van der Waals surface area contributed by atoms with E-state index in [2.05, 4.69) is 0 Å². The highest BCUT2D eigenvalue weighted by atomic mass is 35.5. The lowest BCUT2D eigenvalue weighted by molar-refractivity contribution is -0.142. The van der Waals surface area contributed by atoms with E-state index in [1.807, 2.05) is 0 Å². The van der Waals surface area contributed by atoms with Crippen LogP contribution in [0.4, 0.5) is 0 Å². The molecule has 2 aliphatic heterocycles. The van der Waals surface area contributed by atoms with Crippen molar-refractivity contribution in [3.63, 3.8) is 0 Å². The Hall–Kier alpha value is -1.15. The second kappa shape index (κ2) is 7.00. The number of piperazine rings is 1. The highest BCUT2D eigenvalue weighted by Crippen LogP contribution is 2.26. The second-order valence-electron chi connectivity index (χ2n) is 6.09. The minimum Gasteiger partial charge on any atom is -0.368 e. The van der Waals surface area contributed by atoms with Crippen molar-refractivity contribution in [2.45, 2.75) is 30.8 Å². The predicted octanol–water partition coefficient (Wildman–Crippen LogP) is 1.66. The van der Waals surface area contributed by atoms with E-state index in [-0.39, 0.29) is 30.0 Å². The molecule has 2 aliphatic rings. The summed E-state index contributed by atoms with van der Waals surface area (Å²) in [5.41, 5.74) is 0.553. The summed E-state index contributed by atoms with van der Waals surface area (Å²) in [5, 5.41) is 0.434. The Morgan fingerprint density at radius 3 is 2.58 bits per heavy atom. The molecule has 0 aromatic heterocycles. The van der Waals surface area contributed by atoms with E-state index in [1.54, 1.807) is 30.0 Å². The van der Waals surface area contributed by atoms with Crippen molar-refractivity contribution in [1.29, 1.82) is 0 Å². The molecule has 0 aliphatic carbocycles. The van der Waals surface area contributed by atoms with Crippen LogP contribution in [0.15, 0.2) is 23.1 Å². The molecule has 8 heteroatoms. The number of sulfonamides is 1. The molecule has 24 heavy (non-hydrogen) atoms. The molecular formula is C16H21ClN2O4S. The van der Waals surface area contributed by atoms with Gasteiger partial charge in [0.2, 0.25) is 10.0 Å². The molecule has 0 radical (unpaired) electrons. The van der Waals surface area contributed by atoms with Crippen LogP contribution in [-0.4, -0.2) is 62.4 Å². The molecule has 0 spiro atoms. The summed E-state index contributed by atoms with van der Waals surface area (Å²) in [6.07, 6.45) is 1.29. The number of carbonyl (C=O) groups is 1. The SMILES string of the molecule is Cc1c(Cl)cccc1S(=O)(=O)N1CCN(C(=O)[C@@H]2CCCO2)CC1. The van der Waals surface area contributed by atoms with Gasteiger partial charge in [0.25, 0.3) is 5.91 Å². The van der Waals surface area contributed by atoms with Gasteiger partial charge >= 0.3 is 0 Å². The molecule has 1 aromatic rings. The van der Waals surface area contributed by atoms with E-state index < -0.39 is 10.0 Å². The van der Waals surface area contributed by atoms with Gasteiger partial charge < -0.3 is 9.64 Å². The number of benzene rings is 1. The fourth-order valence-corrected chi connectivity index (χ4v) is 5.03. The summed E-state index contributed by atoms with van der Waals surface area (Å²) in [5.74, 6) is -0.0246. The van der Waals surface area contributed by atoms with E-state index in [9.17, 15) is 13.2 Å². The number of hydrogen-bond acceptors (Lipinski definition) is 4. The van der Waals surface area contributed by atoms with Gasteiger partial charge in [0, 0.05) is 37.8 Å². The first-order valence-corrected chi connectivity index (χ1v) is 9.89. The summed E-state index contributed by atoms with van der Waals surface area (Å²) in [4.78, 5) is 14.3. The molecule has 0 N–H and O–H groups in total. The number of amides is 1. The molecule has 2 heterocycles. The van der Waals surface area contributed by atoms with Crippen LogP contribution >= 0.6 is 11.6 Å². The largest absolute Gasteiger partial charge is 0.368 e. The topological polar surface area (TPSA) is 66.9 Å². The van der Waals surface area contributed by atoms with Gasteiger partial charge in [-0.25, -0.2) is 8.42 Å². The number of ether oxygens (including phenoxy) is 1. The lowest BCUT2D eigenvalue weighted by atomic mass is 10.2.